The van der Waals surface area contributed by atoms with Gasteiger partial charge < -0.3 is 4.74 Å². The van der Waals surface area contributed by atoms with E-state index in [2.05, 4.69) is 135 Å². The third kappa shape index (κ3) is 7.65. The number of aryl methyl sites for hydroxylation is 1. The van der Waals surface area contributed by atoms with Crippen LogP contribution in [-0.2, 0) is 12.0 Å². The number of hydrogen-bond acceptors (Lipinski definition) is 1. The zero-order valence-corrected chi connectivity index (χ0v) is 28.2. The van der Waals surface area contributed by atoms with E-state index >= 15 is 0 Å². The first-order chi connectivity index (χ1) is 21.2. The zero-order valence-electron chi connectivity index (χ0n) is 28.2. The topological polar surface area (TPSA) is 9.23 Å². The Morgan fingerprint density at radius 3 is 1.51 bits per heavy atom. The summed E-state index contributed by atoms with van der Waals surface area (Å²) < 4.78 is 7.12. The van der Waals surface area contributed by atoms with Gasteiger partial charge in [-0.1, -0.05) is 176 Å². The van der Waals surface area contributed by atoms with Gasteiger partial charge in [0.05, 0.1) is 0 Å². The maximum Gasteiger partial charge on any atom is 0.178 e. The Bertz CT molecular complexity index is 1490. The van der Waals surface area contributed by atoms with Gasteiger partial charge >= 0.3 is 0 Å². The molecular formula is C42H52O. The van der Waals surface area contributed by atoms with Gasteiger partial charge in [-0.3, -0.25) is 0 Å². The minimum absolute atomic E-state index is 0.677. The molecule has 1 nitrogen and oxygen atoms in total. The Hall–Kier alpha value is -4.10. The van der Waals surface area contributed by atoms with Crippen molar-refractivity contribution in [2.24, 2.45) is 0 Å². The van der Waals surface area contributed by atoms with Crippen molar-refractivity contribution < 1.29 is 4.74 Å². The molecule has 0 radical (unpaired) electrons. The maximum atomic E-state index is 7.12. The van der Waals surface area contributed by atoms with E-state index in [0.29, 0.717) is 0 Å². The van der Waals surface area contributed by atoms with E-state index in [1.807, 2.05) is 55.4 Å². The van der Waals surface area contributed by atoms with E-state index in [4.69, 9.17) is 4.74 Å². The van der Waals surface area contributed by atoms with Crippen LogP contribution in [0.1, 0.15) is 94.3 Å². The number of benzene rings is 5. The number of hydrogen-bond donors (Lipinski definition) is 0. The normalized spacial score (nSPS) is 11.9. The highest BCUT2D eigenvalue weighted by Gasteiger charge is 2.38. The fourth-order valence-corrected chi connectivity index (χ4v) is 5.32. The molecule has 0 amide bonds. The van der Waals surface area contributed by atoms with Crippen LogP contribution >= 0.6 is 0 Å². The molecule has 1 heterocycles. The average Bonchev–Trinajstić information content (AvgIpc) is 3.11. The predicted octanol–water partition coefficient (Wildman–Crippen LogP) is 12.5. The number of fused-ring (bicyclic) bond motifs is 3. The molecule has 0 unspecified atom stereocenters. The van der Waals surface area contributed by atoms with Crippen molar-refractivity contribution in [1.82, 2.24) is 0 Å². The summed E-state index contributed by atoms with van der Waals surface area (Å²) in [6, 6.07) is 38.6. The average molecular weight is 573 g/mol. The maximum absolute atomic E-state index is 7.12. The summed E-state index contributed by atoms with van der Waals surface area (Å²) in [6.07, 6.45) is 5.41. The largest absolute Gasteiger partial charge is 0.472 e. The van der Waals surface area contributed by atoms with Crippen LogP contribution in [0.15, 0.2) is 115 Å². The molecule has 5 aromatic carbocycles. The van der Waals surface area contributed by atoms with Gasteiger partial charge in [-0.15, -0.1) is 0 Å². The quantitative estimate of drug-likeness (QED) is 0.208. The van der Waals surface area contributed by atoms with Gasteiger partial charge in [0.2, 0.25) is 0 Å². The van der Waals surface area contributed by atoms with Crippen LogP contribution in [0.2, 0.25) is 0 Å². The van der Waals surface area contributed by atoms with Gasteiger partial charge in [0.15, 0.2) is 5.60 Å². The molecule has 0 bridgehead atoms. The van der Waals surface area contributed by atoms with Gasteiger partial charge in [-0.05, 0) is 48.4 Å². The Morgan fingerprint density at radius 1 is 0.535 bits per heavy atom. The Kier molecular flexibility index (Phi) is 14.5. The monoisotopic (exact) mass is 572 g/mol. The first kappa shape index (κ1) is 35.1. The smallest absolute Gasteiger partial charge is 0.178 e. The molecule has 43 heavy (non-hydrogen) atoms. The summed E-state index contributed by atoms with van der Waals surface area (Å²) >= 11 is 0. The lowest BCUT2D eigenvalue weighted by Crippen LogP contribution is -2.34. The second-order valence-electron chi connectivity index (χ2n) is 9.46. The van der Waals surface area contributed by atoms with Gasteiger partial charge in [0.1, 0.15) is 5.75 Å². The summed E-state index contributed by atoms with van der Waals surface area (Å²) in [6.45, 7) is 20.4. The van der Waals surface area contributed by atoms with Crippen LogP contribution in [0.25, 0.3) is 16.8 Å². The van der Waals surface area contributed by atoms with E-state index in [0.717, 1.165) is 28.7 Å². The molecular weight excluding hydrogens is 520 g/mol. The van der Waals surface area contributed by atoms with Crippen LogP contribution in [0.4, 0.5) is 0 Å². The molecule has 1 aliphatic rings. The highest BCUT2D eigenvalue weighted by molar-refractivity contribution is 5.97. The van der Waals surface area contributed by atoms with Crippen molar-refractivity contribution in [2.75, 3.05) is 0 Å². The SMILES string of the molecule is CC.CC.CC.CC.Cc1ccc(Cc2c(C)c3c(c4ccccc24)OC(c2ccccc2)(c2ccccc2)C=C3)cc1. The van der Waals surface area contributed by atoms with E-state index < -0.39 is 5.60 Å². The third-order valence-corrected chi connectivity index (χ3v) is 7.25. The van der Waals surface area contributed by atoms with Crippen LogP contribution in [0.5, 0.6) is 5.75 Å². The fraction of sp³-hybridized carbons (Fsp3) is 0.286. The van der Waals surface area contributed by atoms with Crippen LogP contribution in [-0.4, -0.2) is 0 Å². The van der Waals surface area contributed by atoms with Crippen molar-refractivity contribution >= 4 is 16.8 Å². The molecule has 0 fully saturated rings. The van der Waals surface area contributed by atoms with Crippen molar-refractivity contribution in [3.05, 3.63) is 154 Å². The molecule has 226 valence electrons. The molecule has 0 spiro atoms. The molecule has 5 aromatic rings. The summed E-state index contributed by atoms with van der Waals surface area (Å²) in [5.74, 6) is 0.959. The van der Waals surface area contributed by atoms with Crippen molar-refractivity contribution in [3.63, 3.8) is 0 Å². The van der Waals surface area contributed by atoms with Gasteiger partial charge in [0.25, 0.3) is 0 Å². The van der Waals surface area contributed by atoms with Crippen LogP contribution in [0.3, 0.4) is 0 Å². The lowest BCUT2D eigenvalue weighted by Gasteiger charge is -2.37. The first-order valence-electron chi connectivity index (χ1n) is 16.2. The van der Waals surface area contributed by atoms with Crippen molar-refractivity contribution in [1.29, 1.82) is 0 Å². The fourth-order valence-electron chi connectivity index (χ4n) is 5.32. The lowest BCUT2D eigenvalue weighted by molar-refractivity contribution is 0.163. The summed E-state index contributed by atoms with van der Waals surface area (Å²) in [7, 11) is 0. The summed E-state index contributed by atoms with van der Waals surface area (Å²) in [4.78, 5) is 0. The molecule has 0 atom stereocenters. The standard InChI is InChI=1S/C34H28O.4C2H6/c1-24-17-19-26(20-18-24)23-32-25(2)29-21-22-34(27-11-5-3-6-12-27,28-13-7-4-8-14-28)35-33(29)31-16-10-9-15-30(31)32;4*1-2/h3-22H,23H2,1-2H3;4*1-2H3. The van der Waals surface area contributed by atoms with E-state index in [1.54, 1.807) is 0 Å². The Balaban J connectivity index is 0.000000748. The zero-order chi connectivity index (χ0) is 31.8. The highest BCUT2D eigenvalue weighted by Crippen LogP contribution is 2.47. The Labute approximate surface area is 262 Å². The minimum Gasteiger partial charge on any atom is -0.472 e. The van der Waals surface area contributed by atoms with Crippen molar-refractivity contribution in [2.45, 2.75) is 81.3 Å². The van der Waals surface area contributed by atoms with E-state index in [1.165, 1.54) is 33.2 Å². The molecule has 0 saturated heterocycles. The molecule has 1 aliphatic heterocycles. The first-order valence-corrected chi connectivity index (χ1v) is 16.2. The van der Waals surface area contributed by atoms with Gasteiger partial charge in [-0.25, -0.2) is 0 Å². The number of rotatable bonds is 4. The molecule has 0 aromatic heterocycles. The van der Waals surface area contributed by atoms with Crippen LogP contribution < -0.4 is 4.74 Å². The van der Waals surface area contributed by atoms with Gasteiger partial charge in [-0.2, -0.15) is 0 Å². The summed E-state index contributed by atoms with van der Waals surface area (Å²) in [5, 5.41) is 2.42. The second-order valence-corrected chi connectivity index (χ2v) is 9.46. The van der Waals surface area contributed by atoms with Crippen LogP contribution in [0, 0.1) is 13.8 Å². The molecule has 0 aliphatic carbocycles. The Morgan fingerprint density at radius 2 is 1.00 bits per heavy atom. The lowest BCUT2D eigenvalue weighted by atomic mass is 9.81. The molecule has 1 heteroatoms. The van der Waals surface area contributed by atoms with E-state index in [-0.39, 0.29) is 0 Å². The minimum atomic E-state index is -0.677. The van der Waals surface area contributed by atoms with Gasteiger partial charge in [0, 0.05) is 22.1 Å². The number of ether oxygens (including phenoxy) is 1. The summed E-state index contributed by atoms with van der Waals surface area (Å²) in [5.41, 5.74) is 8.00. The third-order valence-electron chi connectivity index (χ3n) is 7.25. The molecule has 6 rings (SSSR count). The van der Waals surface area contributed by atoms with E-state index in [9.17, 15) is 0 Å². The molecule has 0 N–H and O–H groups in total. The molecule has 0 saturated carbocycles. The predicted molar refractivity (Wildman–Crippen MR) is 191 cm³/mol. The second kappa shape index (κ2) is 17.8. The highest BCUT2D eigenvalue weighted by atomic mass is 16.5. The van der Waals surface area contributed by atoms with Crippen molar-refractivity contribution in [3.8, 4) is 5.75 Å².